The molecule has 1 amide bonds. The van der Waals surface area contributed by atoms with Crippen molar-refractivity contribution in [1.82, 2.24) is 0 Å². The summed E-state index contributed by atoms with van der Waals surface area (Å²) in [7, 11) is 1.63. The van der Waals surface area contributed by atoms with Gasteiger partial charge in [-0.15, -0.1) is 0 Å². The van der Waals surface area contributed by atoms with E-state index in [1.807, 2.05) is 91.9 Å². The van der Waals surface area contributed by atoms with Gasteiger partial charge < -0.3 is 9.47 Å². The number of carbonyl (C=O) groups is 1. The maximum atomic E-state index is 13.3. The number of amides is 1. The SMILES string of the molecule is CCOc1ccc(C=C2C(=O)N(c3ccccc3)N=C2c2ccc(OC)cc2)cc1. The molecule has 0 atom stereocenters. The van der Waals surface area contributed by atoms with Crippen molar-refractivity contribution >= 4 is 23.4 Å². The highest BCUT2D eigenvalue weighted by Gasteiger charge is 2.32. The minimum absolute atomic E-state index is 0.166. The first kappa shape index (κ1) is 19.5. The molecule has 0 fully saturated rings. The first-order chi connectivity index (χ1) is 14.7. The Morgan fingerprint density at radius 3 is 2.20 bits per heavy atom. The summed E-state index contributed by atoms with van der Waals surface area (Å²) in [5, 5.41) is 6.10. The van der Waals surface area contributed by atoms with Gasteiger partial charge in [-0.3, -0.25) is 4.79 Å². The largest absolute Gasteiger partial charge is 0.497 e. The van der Waals surface area contributed by atoms with Crippen LogP contribution in [0.15, 0.2) is 89.5 Å². The van der Waals surface area contributed by atoms with Gasteiger partial charge in [0.2, 0.25) is 0 Å². The van der Waals surface area contributed by atoms with Gasteiger partial charge in [0.15, 0.2) is 0 Å². The van der Waals surface area contributed by atoms with Gasteiger partial charge in [0.05, 0.1) is 25.0 Å². The lowest BCUT2D eigenvalue weighted by Crippen LogP contribution is -2.21. The van der Waals surface area contributed by atoms with E-state index in [0.717, 1.165) is 28.3 Å². The summed E-state index contributed by atoms with van der Waals surface area (Å²) in [5.74, 6) is 1.38. The van der Waals surface area contributed by atoms with Crippen LogP contribution in [-0.4, -0.2) is 25.3 Å². The normalized spacial score (nSPS) is 14.7. The Morgan fingerprint density at radius 1 is 0.900 bits per heavy atom. The summed E-state index contributed by atoms with van der Waals surface area (Å²) in [4.78, 5) is 13.3. The Labute approximate surface area is 175 Å². The molecule has 5 nitrogen and oxygen atoms in total. The third-order valence-corrected chi connectivity index (χ3v) is 4.74. The molecule has 0 N–H and O–H groups in total. The minimum atomic E-state index is -0.166. The van der Waals surface area contributed by atoms with Crippen molar-refractivity contribution in [3.8, 4) is 11.5 Å². The van der Waals surface area contributed by atoms with Gasteiger partial charge in [0, 0.05) is 5.56 Å². The topological polar surface area (TPSA) is 51.1 Å². The molecule has 1 heterocycles. The third kappa shape index (κ3) is 3.96. The van der Waals surface area contributed by atoms with Crippen molar-refractivity contribution in [3.05, 3.63) is 95.6 Å². The van der Waals surface area contributed by atoms with E-state index in [2.05, 4.69) is 5.10 Å². The first-order valence-electron chi connectivity index (χ1n) is 9.77. The van der Waals surface area contributed by atoms with Crippen LogP contribution in [0.5, 0.6) is 11.5 Å². The molecule has 30 heavy (non-hydrogen) atoms. The zero-order valence-electron chi connectivity index (χ0n) is 16.9. The predicted molar refractivity (Wildman–Crippen MR) is 119 cm³/mol. The average Bonchev–Trinajstić information content (AvgIpc) is 3.12. The quantitative estimate of drug-likeness (QED) is 0.553. The molecule has 5 heteroatoms. The van der Waals surface area contributed by atoms with Gasteiger partial charge in [-0.05, 0) is 67.1 Å². The Morgan fingerprint density at radius 2 is 1.57 bits per heavy atom. The molecule has 150 valence electrons. The van der Waals surface area contributed by atoms with Crippen LogP contribution >= 0.6 is 0 Å². The summed E-state index contributed by atoms with van der Waals surface area (Å²) in [6.45, 7) is 2.56. The van der Waals surface area contributed by atoms with Gasteiger partial charge in [-0.2, -0.15) is 10.1 Å². The van der Waals surface area contributed by atoms with Crippen LogP contribution < -0.4 is 14.5 Å². The summed E-state index contributed by atoms with van der Waals surface area (Å²) in [6, 6.07) is 24.6. The van der Waals surface area contributed by atoms with Crippen molar-refractivity contribution in [1.29, 1.82) is 0 Å². The number of rotatable bonds is 6. The summed E-state index contributed by atoms with van der Waals surface area (Å²) >= 11 is 0. The number of ether oxygens (including phenoxy) is 2. The van der Waals surface area contributed by atoms with Gasteiger partial charge in [-0.1, -0.05) is 30.3 Å². The zero-order valence-corrected chi connectivity index (χ0v) is 16.9. The number of anilines is 1. The van der Waals surface area contributed by atoms with E-state index in [1.165, 1.54) is 5.01 Å². The second kappa shape index (κ2) is 8.66. The Bertz CT molecular complexity index is 1090. The van der Waals surface area contributed by atoms with Gasteiger partial charge >= 0.3 is 0 Å². The van der Waals surface area contributed by atoms with E-state index in [1.54, 1.807) is 7.11 Å². The van der Waals surface area contributed by atoms with E-state index in [-0.39, 0.29) is 5.91 Å². The summed E-state index contributed by atoms with van der Waals surface area (Å²) < 4.78 is 10.8. The Balaban J connectivity index is 1.75. The molecule has 3 aromatic carbocycles. The fourth-order valence-corrected chi connectivity index (χ4v) is 3.24. The highest BCUT2D eigenvalue weighted by molar-refractivity contribution is 6.37. The maximum Gasteiger partial charge on any atom is 0.281 e. The molecule has 1 aliphatic rings. The van der Waals surface area contributed by atoms with Crippen molar-refractivity contribution in [3.63, 3.8) is 0 Å². The molecule has 3 aromatic rings. The van der Waals surface area contributed by atoms with Crippen LogP contribution in [0.25, 0.3) is 6.08 Å². The molecule has 0 aromatic heterocycles. The molecule has 0 spiro atoms. The lowest BCUT2D eigenvalue weighted by molar-refractivity contribution is -0.114. The van der Waals surface area contributed by atoms with Gasteiger partial charge in [0.25, 0.3) is 5.91 Å². The Hall–Kier alpha value is -3.86. The molecule has 0 bridgehead atoms. The number of hydrogen-bond donors (Lipinski definition) is 0. The van der Waals surface area contributed by atoms with E-state index in [0.29, 0.717) is 17.9 Å². The van der Waals surface area contributed by atoms with Gasteiger partial charge in [-0.25, -0.2) is 0 Å². The average molecular weight is 398 g/mol. The zero-order chi connectivity index (χ0) is 20.9. The van der Waals surface area contributed by atoms with E-state index >= 15 is 0 Å². The lowest BCUT2D eigenvalue weighted by Gasteiger charge is -2.10. The van der Waals surface area contributed by atoms with E-state index < -0.39 is 0 Å². The molecular weight excluding hydrogens is 376 g/mol. The van der Waals surface area contributed by atoms with Crippen molar-refractivity contribution < 1.29 is 14.3 Å². The number of carbonyl (C=O) groups excluding carboxylic acids is 1. The third-order valence-electron chi connectivity index (χ3n) is 4.74. The summed E-state index contributed by atoms with van der Waals surface area (Å²) in [5.41, 5.74) is 3.63. The van der Waals surface area contributed by atoms with E-state index in [9.17, 15) is 4.79 Å². The second-order valence-corrected chi connectivity index (χ2v) is 6.69. The molecule has 1 aliphatic heterocycles. The van der Waals surface area contributed by atoms with E-state index in [4.69, 9.17) is 9.47 Å². The number of methoxy groups -OCH3 is 1. The molecule has 0 unspecified atom stereocenters. The molecule has 0 saturated carbocycles. The highest BCUT2D eigenvalue weighted by Crippen LogP contribution is 2.28. The number of hydrazone groups is 1. The summed E-state index contributed by atoms with van der Waals surface area (Å²) in [6.07, 6.45) is 1.87. The monoisotopic (exact) mass is 398 g/mol. The smallest absolute Gasteiger partial charge is 0.281 e. The standard InChI is InChI=1S/C25H22N2O3/c1-3-30-22-13-9-18(10-14-22)17-23-24(19-11-15-21(29-2)16-12-19)26-27(25(23)28)20-7-5-4-6-8-20/h4-17H,3H2,1-2H3. The van der Waals surface area contributed by atoms with Crippen LogP contribution in [0.1, 0.15) is 18.1 Å². The van der Waals surface area contributed by atoms with Gasteiger partial charge in [0.1, 0.15) is 17.2 Å². The second-order valence-electron chi connectivity index (χ2n) is 6.69. The van der Waals surface area contributed by atoms with Crippen molar-refractivity contribution in [2.24, 2.45) is 5.10 Å². The fourth-order valence-electron chi connectivity index (χ4n) is 3.24. The maximum absolute atomic E-state index is 13.3. The van der Waals surface area contributed by atoms with Crippen molar-refractivity contribution in [2.75, 3.05) is 18.7 Å². The molecule has 0 radical (unpaired) electrons. The van der Waals surface area contributed by atoms with Crippen LogP contribution in [0.2, 0.25) is 0 Å². The predicted octanol–water partition coefficient (Wildman–Crippen LogP) is 4.93. The van der Waals surface area contributed by atoms with Crippen LogP contribution in [0.4, 0.5) is 5.69 Å². The molecular formula is C25H22N2O3. The van der Waals surface area contributed by atoms with Crippen LogP contribution in [-0.2, 0) is 4.79 Å². The van der Waals surface area contributed by atoms with Crippen LogP contribution in [0, 0.1) is 0 Å². The van der Waals surface area contributed by atoms with Crippen LogP contribution in [0.3, 0.4) is 0 Å². The lowest BCUT2D eigenvalue weighted by atomic mass is 10.00. The minimum Gasteiger partial charge on any atom is -0.497 e. The fraction of sp³-hybridized carbons (Fsp3) is 0.120. The number of para-hydroxylation sites is 1. The highest BCUT2D eigenvalue weighted by atomic mass is 16.5. The number of hydrogen-bond acceptors (Lipinski definition) is 4. The molecule has 0 saturated heterocycles. The number of benzene rings is 3. The molecule has 4 rings (SSSR count). The first-order valence-corrected chi connectivity index (χ1v) is 9.77. The Kier molecular flexibility index (Phi) is 5.61. The molecule has 0 aliphatic carbocycles. The van der Waals surface area contributed by atoms with Crippen molar-refractivity contribution in [2.45, 2.75) is 6.92 Å². The number of nitrogens with zero attached hydrogens (tertiary/aromatic N) is 2.